The third-order valence-electron chi connectivity index (χ3n) is 4.63. The van der Waals surface area contributed by atoms with Crippen LogP contribution in [-0.4, -0.2) is 21.8 Å². The molecule has 0 aliphatic carbocycles. The Morgan fingerprint density at radius 2 is 1.18 bits per heavy atom. The minimum absolute atomic E-state index is 0.123. The fourth-order valence-electron chi connectivity index (χ4n) is 2.97. The lowest BCUT2D eigenvalue weighted by atomic mass is 9.90. The molecular weight excluding hydrogens is 276 g/mol. The molecule has 3 heteroatoms. The normalized spacial score (nSPS) is 14.0. The monoisotopic (exact) mass is 314 g/mol. The Morgan fingerprint density at radius 3 is 1.55 bits per heavy atom. The van der Waals surface area contributed by atoms with Crippen LogP contribution < -0.4 is 0 Å². The highest BCUT2D eigenvalue weighted by atomic mass is 16.4. The van der Waals surface area contributed by atoms with Crippen LogP contribution in [0.2, 0.25) is 0 Å². The van der Waals surface area contributed by atoms with E-state index in [1.54, 1.807) is 0 Å². The van der Waals surface area contributed by atoms with Crippen molar-refractivity contribution in [1.29, 1.82) is 0 Å². The fraction of sp³-hybridized carbons (Fsp3) is 0.947. The van der Waals surface area contributed by atoms with Gasteiger partial charge in [0.05, 0.1) is 12.0 Å². The lowest BCUT2D eigenvalue weighted by Crippen LogP contribution is -2.30. The fourth-order valence-corrected chi connectivity index (χ4v) is 2.97. The van der Waals surface area contributed by atoms with Crippen molar-refractivity contribution < 1.29 is 15.0 Å². The third-order valence-corrected chi connectivity index (χ3v) is 4.63. The molecule has 0 heterocycles. The summed E-state index contributed by atoms with van der Waals surface area (Å²) in [5.41, 5.74) is -0.996. The summed E-state index contributed by atoms with van der Waals surface area (Å²) in [5, 5.41) is 19.0. The van der Waals surface area contributed by atoms with Gasteiger partial charge in [-0.1, -0.05) is 90.9 Å². The van der Waals surface area contributed by atoms with Crippen LogP contribution in [0.5, 0.6) is 0 Å². The average Bonchev–Trinajstić information content (AvgIpc) is 2.47. The number of aliphatic hydroxyl groups is 1. The quantitative estimate of drug-likeness (QED) is 0.360. The molecule has 0 bridgehead atoms. The zero-order valence-electron chi connectivity index (χ0n) is 14.9. The minimum atomic E-state index is -0.996. The highest BCUT2D eigenvalue weighted by Crippen LogP contribution is 2.23. The molecule has 2 N–H and O–H groups in total. The summed E-state index contributed by atoms with van der Waals surface area (Å²) in [4.78, 5) is 10.7. The lowest BCUT2D eigenvalue weighted by molar-refractivity contribution is -0.143. The van der Waals surface area contributed by atoms with Gasteiger partial charge in [-0.2, -0.15) is 0 Å². The number of unbranched alkanes of at least 4 members (excludes halogenated alkanes) is 11. The first-order valence-electron chi connectivity index (χ1n) is 9.48. The molecule has 0 aromatic rings. The number of aliphatic carboxylic acids is 1. The van der Waals surface area contributed by atoms with Crippen molar-refractivity contribution in [3.63, 3.8) is 0 Å². The average molecular weight is 315 g/mol. The highest BCUT2D eigenvalue weighted by molar-refractivity contribution is 5.68. The number of carbonyl (C=O) groups is 1. The van der Waals surface area contributed by atoms with E-state index in [4.69, 9.17) is 5.11 Å². The Kier molecular flexibility index (Phi) is 13.7. The predicted octanol–water partition coefficient (Wildman–Crippen LogP) is 5.69. The molecule has 0 radical (unpaired) electrons. The zero-order valence-corrected chi connectivity index (χ0v) is 14.9. The topological polar surface area (TPSA) is 57.5 Å². The first kappa shape index (κ1) is 21.4. The summed E-state index contributed by atoms with van der Waals surface area (Å²) >= 11 is 0. The molecule has 1 atom stereocenters. The van der Waals surface area contributed by atoms with Gasteiger partial charge in [-0.05, 0) is 12.8 Å². The van der Waals surface area contributed by atoms with Crippen molar-refractivity contribution in [1.82, 2.24) is 0 Å². The Bertz CT molecular complexity index is 265. The molecule has 0 aromatic carbocycles. The Labute approximate surface area is 137 Å². The van der Waals surface area contributed by atoms with Gasteiger partial charge in [-0.25, -0.2) is 0 Å². The van der Waals surface area contributed by atoms with Crippen LogP contribution in [0, 0.1) is 0 Å². The van der Waals surface area contributed by atoms with Crippen LogP contribution in [0.1, 0.15) is 110 Å². The van der Waals surface area contributed by atoms with E-state index in [2.05, 4.69) is 6.92 Å². The Hall–Kier alpha value is -0.570. The zero-order chi connectivity index (χ0) is 16.7. The van der Waals surface area contributed by atoms with Gasteiger partial charge in [0.15, 0.2) is 0 Å². The molecule has 0 saturated carbocycles. The van der Waals surface area contributed by atoms with E-state index in [0.717, 1.165) is 12.8 Å². The molecule has 22 heavy (non-hydrogen) atoms. The van der Waals surface area contributed by atoms with Crippen LogP contribution in [0.25, 0.3) is 0 Å². The Morgan fingerprint density at radius 1 is 0.773 bits per heavy atom. The number of carboxylic acids is 1. The molecule has 0 aliphatic rings. The van der Waals surface area contributed by atoms with Gasteiger partial charge in [-0.15, -0.1) is 0 Å². The smallest absolute Gasteiger partial charge is 0.306 e. The van der Waals surface area contributed by atoms with E-state index < -0.39 is 11.6 Å². The second-order valence-corrected chi connectivity index (χ2v) is 6.79. The molecule has 0 aromatic heterocycles. The van der Waals surface area contributed by atoms with Crippen molar-refractivity contribution in [2.45, 2.75) is 116 Å². The maximum atomic E-state index is 10.7. The van der Waals surface area contributed by atoms with Crippen molar-refractivity contribution in [3.8, 4) is 0 Å². The lowest BCUT2D eigenvalue weighted by Gasteiger charge is -2.24. The van der Waals surface area contributed by atoms with Crippen LogP contribution in [0.4, 0.5) is 0 Å². The summed E-state index contributed by atoms with van der Waals surface area (Å²) in [5.74, 6) is -0.900. The summed E-state index contributed by atoms with van der Waals surface area (Å²) in [7, 11) is 0. The van der Waals surface area contributed by atoms with Gasteiger partial charge in [-0.3, -0.25) is 4.79 Å². The molecule has 0 rings (SSSR count). The molecule has 1 unspecified atom stereocenters. The summed E-state index contributed by atoms with van der Waals surface area (Å²) in [6.07, 6.45) is 16.5. The van der Waals surface area contributed by atoms with Crippen molar-refractivity contribution in [3.05, 3.63) is 0 Å². The van der Waals surface area contributed by atoms with Crippen LogP contribution in [-0.2, 0) is 4.79 Å². The summed E-state index contributed by atoms with van der Waals surface area (Å²) in [6, 6.07) is 0. The Balaban J connectivity index is 3.37. The van der Waals surface area contributed by atoms with Gasteiger partial charge >= 0.3 is 5.97 Å². The second kappa shape index (κ2) is 14.0. The number of hydrogen-bond donors (Lipinski definition) is 2. The van der Waals surface area contributed by atoms with Gasteiger partial charge < -0.3 is 10.2 Å². The molecule has 0 spiro atoms. The van der Waals surface area contributed by atoms with Crippen molar-refractivity contribution in [2.24, 2.45) is 0 Å². The van der Waals surface area contributed by atoms with Crippen molar-refractivity contribution >= 4 is 5.97 Å². The maximum absolute atomic E-state index is 10.7. The molecule has 0 fully saturated rings. The van der Waals surface area contributed by atoms with Crippen LogP contribution in [0.3, 0.4) is 0 Å². The summed E-state index contributed by atoms with van der Waals surface area (Å²) < 4.78 is 0. The first-order valence-corrected chi connectivity index (χ1v) is 9.48. The van der Waals surface area contributed by atoms with Gasteiger partial charge in [0.25, 0.3) is 0 Å². The molecule has 132 valence electrons. The predicted molar refractivity (Wildman–Crippen MR) is 93.2 cm³/mol. The molecule has 0 amide bonds. The highest BCUT2D eigenvalue weighted by Gasteiger charge is 2.27. The molecule has 0 aliphatic heterocycles. The molecular formula is C19H38O3. The van der Waals surface area contributed by atoms with E-state index in [1.165, 1.54) is 64.2 Å². The van der Waals surface area contributed by atoms with Crippen LogP contribution >= 0.6 is 0 Å². The van der Waals surface area contributed by atoms with E-state index >= 15 is 0 Å². The minimum Gasteiger partial charge on any atom is -0.481 e. The van der Waals surface area contributed by atoms with E-state index in [1.807, 2.05) is 6.92 Å². The van der Waals surface area contributed by atoms with Gasteiger partial charge in [0.2, 0.25) is 0 Å². The van der Waals surface area contributed by atoms with E-state index in [9.17, 15) is 9.90 Å². The number of hydrogen-bond acceptors (Lipinski definition) is 2. The van der Waals surface area contributed by atoms with E-state index in [-0.39, 0.29) is 6.42 Å². The van der Waals surface area contributed by atoms with Crippen LogP contribution in [0.15, 0.2) is 0 Å². The molecule has 0 saturated heterocycles. The summed E-state index contributed by atoms with van der Waals surface area (Å²) in [6.45, 7) is 4.12. The van der Waals surface area contributed by atoms with Gasteiger partial charge in [0, 0.05) is 0 Å². The van der Waals surface area contributed by atoms with Crippen molar-refractivity contribution in [2.75, 3.05) is 0 Å². The number of rotatable bonds is 16. The number of carboxylic acid groups (broad SMARTS) is 1. The molecule has 3 nitrogen and oxygen atoms in total. The third kappa shape index (κ3) is 13.1. The maximum Gasteiger partial charge on any atom is 0.306 e. The SMILES string of the molecule is CCCCCCCCCCCCCCC(O)(CC)CC(=O)O. The largest absolute Gasteiger partial charge is 0.481 e. The van der Waals surface area contributed by atoms with Gasteiger partial charge in [0.1, 0.15) is 0 Å². The second-order valence-electron chi connectivity index (χ2n) is 6.79. The van der Waals surface area contributed by atoms with E-state index in [0.29, 0.717) is 12.8 Å². The first-order chi connectivity index (χ1) is 10.5. The standard InChI is InChI=1S/C19H38O3/c1-3-5-6-7-8-9-10-11-12-13-14-15-16-19(22,4-2)17-18(20)21/h22H,3-17H2,1-2H3,(H,20,21).